The molecule has 0 aliphatic carbocycles. The molecule has 0 bridgehead atoms. The van der Waals surface area contributed by atoms with E-state index in [9.17, 15) is 18.0 Å². The Morgan fingerprint density at radius 2 is 2.11 bits per heavy atom. The number of carbonyl (C=O) groups is 1. The number of hydrogen-bond donors (Lipinski definition) is 1. The second kappa shape index (κ2) is 5.17. The van der Waals surface area contributed by atoms with Crippen molar-refractivity contribution in [2.75, 3.05) is 0 Å². The van der Waals surface area contributed by atoms with Crippen LogP contribution in [0.4, 0.5) is 13.2 Å². The fourth-order valence-electron chi connectivity index (χ4n) is 1.32. The van der Waals surface area contributed by atoms with Crippen LogP contribution in [0.15, 0.2) is 32.9 Å². The summed E-state index contributed by atoms with van der Waals surface area (Å²) >= 11 is 2.18. The number of aromatic nitrogens is 2. The van der Waals surface area contributed by atoms with Crippen molar-refractivity contribution in [1.82, 2.24) is 10.2 Å². The summed E-state index contributed by atoms with van der Waals surface area (Å²) in [5.74, 6) is -1.61. The quantitative estimate of drug-likeness (QED) is 0.941. The molecule has 0 unspecified atom stereocenters. The second-order valence-electron chi connectivity index (χ2n) is 3.32. The molecule has 19 heavy (non-hydrogen) atoms. The lowest BCUT2D eigenvalue weighted by molar-refractivity contribution is -0.138. The maximum absolute atomic E-state index is 12.8. The lowest BCUT2D eigenvalue weighted by Gasteiger charge is -2.11. The first-order chi connectivity index (χ1) is 8.88. The van der Waals surface area contributed by atoms with Crippen molar-refractivity contribution in [3.63, 3.8) is 0 Å². The van der Waals surface area contributed by atoms with E-state index in [1.807, 2.05) is 0 Å². The summed E-state index contributed by atoms with van der Waals surface area (Å²) in [5.41, 5.74) is -0.484. The lowest BCUT2D eigenvalue weighted by atomic mass is 10.1. The zero-order chi connectivity index (χ0) is 14.0. The molecule has 0 aliphatic heterocycles. The number of alkyl halides is 3. The number of carboxylic acids is 1. The van der Waals surface area contributed by atoms with Crippen molar-refractivity contribution >= 4 is 29.1 Å². The summed E-state index contributed by atoms with van der Waals surface area (Å²) in [6, 6.07) is 3.05. The van der Waals surface area contributed by atoms with E-state index >= 15 is 0 Å². The molecule has 0 aliphatic rings. The number of carboxylic acid groups (broad SMARTS) is 1. The molecule has 0 saturated heterocycles. The predicted octanol–water partition coefficient (Wildman–Crippen LogP) is 3.41. The molecule has 1 aromatic carbocycles. The Morgan fingerprint density at radius 1 is 1.37 bits per heavy atom. The zero-order valence-corrected chi connectivity index (χ0v) is 10.6. The van der Waals surface area contributed by atoms with E-state index in [2.05, 4.69) is 10.2 Å². The van der Waals surface area contributed by atoms with Gasteiger partial charge >= 0.3 is 12.1 Å². The van der Waals surface area contributed by atoms with Crippen LogP contribution in [0.2, 0.25) is 0 Å². The van der Waals surface area contributed by atoms with E-state index in [1.54, 1.807) is 0 Å². The molecule has 0 amide bonds. The summed E-state index contributed by atoms with van der Waals surface area (Å²) in [7, 11) is 0. The number of rotatable bonds is 3. The van der Waals surface area contributed by atoms with Gasteiger partial charge in [-0.2, -0.15) is 13.2 Å². The van der Waals surface area contributed by atoms with Crippen molar-refractivity contribution in [2.45, 2.75) is 15.4 Å². The third-order valence-corrected chi connectivity index (χ3v) is 3.84. The maximum atomic E-state index is 12.8. The zero-order valence-electron chi connectivity index (χ0n) is 9.01. The fourth-order valence-corrected chi connectivity index (χ4v) is 2.81. The van der Waals surface area contributed by atoms with Crippen LogP contribution in [-0.2, 0) is 6.18 Å². The van der Waals surface area contributed by atoms with Crippen molar-refractivity contribution in [3.8, 4) is 0 Å². The number of benzene rings is 1. The topological polar surface area (TPSA) is 63.1 Å². The van der Waals surface area contributed by atoms with Gasteiger partial charge in [0.2, 0.25) is 0 Å². The van der Waals surface area contributed by atoms with E-state index in [0.717, 1.165) is 23.9 Å². The molecule has 0 atom stereocenters. The van der Waals surface area contributed by atoms with Crippen molar-refractivity contribution < 1.29 is 23.1 Å². The van der Waals surface area contributed by atoms with Crippen LogP contribution < -0.4 is 0 Å². The van der Waals surface area contributed by atoms with Gasteiger partial charge < -0.3 is 5.11 Å². The molecule has 0 radical (unpaired) electrons. The van der Waals surface area contributed by atoms with Crippen LogP contribution in [0.1, 0.15) is 15.9 Å². The molecular weight excluding hydrogens is 301 g/mol. The normalized spacial score (nSPS) is 11.5. The fraction of sp³-hybridized carbons (Fsp3) is 0.100. The Labute approximate surface area is 113 Å². The molecule has 100 valence electrons. The minimum absolute atomic E-state index is 0.258. The van der Waals surface area contributed by atoms with E-state index in [1.165, 1.54) is 22.9 Å². The average molecular weight is 306 g/mol. The Bertz CT molecular complexity index is 599. The number of hydrogen-bond acceptors (Lipinski definition) is 5. The molecule has 0 saturated carbocycles. The minimum atomic E-state index is -4.72. The maximum Gasteiger partial charge on any atom is 0.417 e. The molecule has 0 spiro atoms. The molecule has 9 heteroatoms. The molecule has 1 N–H and O–H groups in total. The van der Waals surface area contributed by atoms with E-state index < -0.39 is 23.3 Å². The molecular formula is C10H5F3N2O2S2. The highest BCUT2D eigenvalue weighted by molar-refractivity contribution is 8.01. The number of nitrogens with zero attached hydrogens (tertiary/aromatic N) is 2. The van der Waals surface area contributed by atoms with Gasteiger partial charge in [0.05, 0.1) is 11.1 Å². The van der Waals surface area contributed by atoms with Crippen LogP contribution in [-0.4, -0.2) is 21.3 Å². The summed E-state index contributed by atoms with van der Waals surface area (Å²) in [5, 5.41) is 16.0. The molecule has 4 nitrogen and oxygen atoms in total. The number of aromatic carboxylic acids is 1. The SMILES string of the molecule is O=C(O)c1ccc(Sc2nncs2)cc1C(F)(F)F. The molecule has 1 heterocycles. The average Bonchev–Trinajstić information content (AvgIpc) is 2.80. The van der Waals surface area contributed by atoms with Gasteiger partial charge in [0, 0.05) is 4.90 Å². The highest BCUT2D eigenvalue weighted by Crippen LogP contribution is 2.36. The van der Waals surface area contributed by atoms with Crippen LogP contribution >= 0.6 is 23.1 Å². The highest BCUT2D eigenvalue weighted by Gasteiger charge is 2.35. The van der Waals surface area contributed by atoms with E-state index in [4.69, 9.17) is 5.11 Å². The Morgan fingerprint density at radius 3 is 2.63 bits per heavy atom. The predicted molar refractivity (Wildman–Crippen MR) is 62.4 cm³/mol. The third-order valence-electron chi connectivity index (χ3n) is 2.07. The molecule has 2 aromatic rings. The first-order valence-electron chi connectivity index (χ1n) is 4.76. The van der Waals surface area contributed by atoms with Crippen molar-refractivity contribution in [3.05, 3.63) is 34.8 Å². The molecule has 0 fully saturated rings. The summed E-state index contributed by atoms with van der Waals surface area (Å²) in [4.78, 5) is 11.0. The molecule has 2 rings (SSSR count). The third kappa shape index (κ3) is 3.24. The van der Waals surface area contributed by atoms with Gasteiger partial charge in [0.15, 0.2) is 4.34 Å². The van der Waals surface area contributed by atoms with Crippen LogP contribution in [0, 0.1) is 0 Å². The largest absolute Gasteiger partial charge is 0.478 e. The van der Waals surface area contributed by atoms with Gasteiger partial charge in [0.25, 0.3) is 0 Å². The van der Waals surface area contributed by atoms with Crippen LogP contribution in [0.5, 0.6) is 0 Å². The smallest absolute Gasteiger partial charge is 0.417 e. The Balaban J connectivity index is 2.41. The molecule has 1 aromatic heterocycles. The van der Waals surface area contributed by atoms with Gasteiger partial charge in [-0.3, -0.25) is 0 Å². The monoisotopic (exact) mass is 306 g/mol. The summed E-state index contributed by atoms with van der Waals surface area (Å²) in [6.07, 6.45) is -4.72. The van der Waals surface area contributed by atoms with Crippen LogP contribution in [0.25, 0.3) is 0 Å². The number of halogens is 3. The van der Waals surface area contributed by atoms with Gasteiger partial charge in [0.1, 0.15) is 5.51 Å². The van der Waals surface area contributed by atoms with Gasteiger partial charge in [-0.05, 0) is 18.2 Å². The van der Waals surface area contributed by atoms with Crippen molar-refractivity contribution in [2.24, 2.45) is 0 Å². The van der Waals surface area contributed by atoms with Gasteiger partial charge in [-0.1, -0.05) is 23.1 Å². The second-order valence-corrected chi connectivity index (χ2v) is 5.47. The Kier molecular flexibility index (Phi) is 3.76. The summed E-state index contributed by atoms with van der Waals surface area (Å²) in [6.45, 7) is 0. The standard InChI is InChI=1S/C10H5F3N2O2S2/c11-10(12,13)7-3-5(1-2-6(7)8(16)17)19-9-15-14-4-18-9/h1-4H,(H,16,17). The first kappa shape index (κ1) is 13.8. The van der Waals surface area contributed by atoms with Gasteiger partial charge in [-0.15, -0.1) is 10.2 Å². The van der Waals surface area contributed by atoms with Crippen LogP contribution in [0.3, 0.4) is 0 Å². The van der Waals surface area contributed by atoms with E-state index in [-0.39, 0.29) is 4.90 Å². The minimum Gasteiger partial charge on any atom is -0.478 e. The first-order valence-corrected chi connectivity index (χ1v) is 6.46. The highest BCUT2D eigenvalue weighted by atomic mass is 32.2. The summed E-state index contributed by atoms with van der Waals surface area (Å²) < 4.78 is 38.8. The van der Waals surface area contributed by atoms with Gasteiger partial charge in [-0.25, -0.2) is 4.79 Å². The lowest BCUT2D eigenvalue weighted by Crippen LogP contribution is -2.12. The Hall–Kier alpha value is -1.61. The van der Waals surface area contributed by atoms with E-state index in [0.29, 0.717) is 4.34 Å². The van der Waals surface area contributed by atoms with Crippen molar-refractivity contribution in [1.29, 1.82) is 0 Å².